The number of carbonyl (C=O) groups excluding carboxylic acids is 2. The molecule has 3 N–H and O–H groups in total. The van der Waals surface area contributed by atoms with Crippen molar-refractivity contribution in [2.75, 3.05) is 5.32 Å². The Kier molecular flexibility index (Phi) is 6.10. The molecular formula is C26H29N3O6S. The summed E-state index contributed by atoms with van der Waals surface area (Å²) in [5, 5.41) is 35.2. The number of nitrogens with zero attached hydrogens (tertiary/aromatic N) is 2. The zero-order valence-corrected chi connectivity index (χ0v) is 21.0. The first kappa shape index (κ1) is 24.4. The molecule has 1 aromatic carbocycles. The van der Waals surface area contributed by atoms with Crippen molar-refractivity contribution >= 4 is 33.8 Å². The standard InChI is InChI=1S/C26H29N3O6S/c1-13-11-27-25(36-13)28-21(32)8-6-17-19(12-30)24(33)26(2)10-9-15-14-5-7-20(31)23(29(34)35)18(14)4-3-16(15)22(17)26/h5,7,11-12,15-17,22,30-31H,3-4,6,8-10H2,1-2H3,(H,27,28,32)/b19-12+. The zero-order valence-electron chi connectivity index (χ0n) is 20.2. The fraction of sp³-hybridized carbons (Fsp3) is 0.500. The molecule has 0 spiro atoms. The number of phenolic OH excluding ortho intramolecular Hbond substituents is 1. The van der Waals surface area contributed by atoms with E-state index in [4.69, 9.17) is 0 Å². The molecule has 9 nitrogen and oxygen atoms in total. The number of ketones is 1. The second kappa shape index (κ2) is 8.99. The van der Waals surface area contributed by atoms with Crippen LogP contribution < -0.4 is 5.32 Å². The minimum Gasteiger partial charge on any atom is -0.515 e. The molecule has 0 radical (unpaired) electrons. The lowest BCUT2D eigenvalue weighted by Crippen LogP contribution is -2.44. The second-order valence-electron chi connectivity index (χ2n) is 10.4. The maximum atomic E-state index is 13.5. The first-order chi connectivity index (χ1) is 17.2. The number of thiazole rings is 1. The largest absolute Gasteiger partial charge is 0.515 e. The van der Waals surface area contributed by atoms with Crippen molar-refractivity contribution in [3.63, 3.8) is 0 Å². The van der Waals surface area contributed by atoms with Gasteiger partial charge in [0, 0.05) is 34.0 Å². The van der Waals surface area contributed by atoms with Crippen molar-refractivity contribution in [3.05, 3.63) is 56.3 Å². The Morgan fingerprint density at radius 3 is 2.83 bits per heavy atom. The first-order valence-electron chi connectivity index (χ1n) is 12.3. The topological polar surface area (TPSA) is 143 Å². The molecule has 0 aliphatic heterocycles. The molecule has 3 aliphatic rings. The molecule has 1 amide bonds. The number of Topliss-reactive ketones (excluding diaryl/α,β-unsaturated/α-hetero) is 1. The number of hydrogen-bond donors (Lipinski definition) is 3. The lowest BCUT2D eigenvalue weighted by atomic mass is 9.54. The van der Waals surface area contributed by atoms with E-state index < -0.39 is 10.3 Å². The number of benzene rings is 1. The highest BCUT2D eigenvalue weighted by Gasteiger charge is 2.61. The second-order valence-corrected chi connectivity index (χ2v) is 11.7. The van der Waals surface area contributed by atoms with Crippen molar-refractivity contribution in [2.24, 2.45) is 23.2 Å². The lowest BCUT2D eigenvalue weighted by Gasteiger charge is -2.49. The molecule has 5 atom stereocenters. The van der Waals surface area contributed by atoms with Gasteiger partial charge in [-0.15, -0.1) is 11.3 Å². The van der Waals surface area contributed by atoms with E-state index in [1.807, 2.05) is 13.8 Å². The first-order valence-corrected chi connectivity index (χ1v) is 13.1. The predicted molar refractivity (Wildman–Crippen MR) is 134 cm³/mol. The third-order valence-corrected chi connectivity index (χ3v) is 9.43. The number of aryl methyl sites for hydroxylation is 1. The summed E-state index contributed by atoms with van der Waals surface area (Å²) in [6, 6.07) is 3.18. The number of phenols is 1. The summed E-state index contributed by atoms with van der Waals surface area (Å²) < 4.78 is 0. The van der Waals surface area contributed by atoms with Crippen LogP contribution in [0.4, 0.5) is 10.8 Å². The maximum absolute atomic E-state index is 13.5. The van der Waals surface area contributed by atoms with Gasteiger partial charge in [0.2, 0.25) is 5.91 Å². The van der Waals surface area contributed by atoms with Crippen molar-refractivity contribution in [1.29, 1.82) is 0 Å². The molecule has 3 aliphatic carbocycles. The zero-order chi connectivity index (χ0) is 25.8. The van der Waals surface area contributed by atoms with Gasteiger partial charge >= 0.3 is 5.69 Å². The molecule has 2 fully saturated rings. The summed E-state index contributed by atoms with van der Waals surface area (Å²) in [6.07, 6.45) is 5.62. The van der Waals surface area contributed by atoms with Gasteiger partial charge in [-0.25, -0.2) is 4.98 Å². The van der Waals surface area contributed by atoms with Crippen LogP contribution >= 0.6 is 11.3 Å². The van der Waals surface area contributed by atoms with E-state index in [1.54, 1.807) is 12.3 Å². The summed E-state index contributed by atoms with van der Waals surface area (Å²) in [6.45, 7) is 3.88. The van der Waals surface area contributed by atoms with Crippen molar-refractivity contribution < 1.29 is 24.7 Å². The van der Waals surface area contributed by atoms with E-state index in [0.717, 1.165) is 16.7 Å². The molecule has 190 valence electrons. The number of aliphatic hydroxyl groups excluding tert-OH is 1. The van der Waals surface area contributed by atoms with E-state index in [1.165, 1.54) is 17.4 Å². The van der Waals surface area contributed by atoms with Crippen LogP contribution in [0.2, 0.25) is 0 Å². The van der Waals surface area contributed by atoms with Crippen LogP contribution in [-0.2, 0) is 16.0 Å². The van der Waals surface area contributed by atoms with Crippen LogP contribution in [0.15, 0.2) is 30.2 Å². The van der Waals surface area contributed by atoms with Gasteiger partial charge in [0.1, 0.15) is 0 Å². The number of carbonyl (C=O) groups is 2. The van der Waals surface area contributed by atoms with Gasteiger partial charge in [0.15, 0.2) is 16.7 Å². The smallest absolute Gasteiger partial charge is 0.314 e. The van der Waals surface area contributed by atoms with Crippen LogP contribution in [0.1, 0.15) is 60.9 Å². The van der Waals surface area contributed by atoms with Crippen LogP contribution in [0.5, 0.6) is 5.75 Å². The molecule has 2 aromatic rings. The summed E-state index contributed by atoms with van der Waals surface area (Å²) in [7, 11) is 0. The third-order valence-electron chi connectivity index (χ3n) is 8.60. The maximum Gasteiger partial charge on any atom is 0.314 e. The molecule has 1 aromatic heterocycles. The van der Waals surface area contributed by atoms with Crippen molar-refractivity contribution in [1.82, 2.24) is 4.98 Å². The highest BCUT2D eigenvalue weighted by atomic mass is 32.1. The van der Waals surface area contributed by atoms with Gasteiger partial charge < -0.3 is 15.5 Å². The molecule has 0 bridgehead atoms. The predicted octanol–water partition coefficient (Wildman–Crippen LogP) is 5.19. The van der Waals surface area contributed by atoms with E-state index in [-0.39, 0.29) is 53.2 Å². The van der Waals surface area contributed by atoms with Gasteiger partial charge in [-0.05, 0) is 74.3 Å². The number of hydrogen-bond acceptors (Lipinski definition) is 8. The number of nitro benzene ring substituents is 1. The Morgan fingerprint density at radius 2 is 2.17 bits per heavy atom. The summed E-state index contributed by atoms with van der Waals surface area (Å²) in [4.78, 5) is 42.5. The van der Waals surface area contributed by atoms with Crippen LogP contribution in [0, 0.1) is 40.2 Å². The van der Waals surface area contributed by atoms with Gasteiger partial charge in [-0.3, -0.25) is 19.7 Å². The molecule has 10 heteroatoms. The Labute approximate surface area is 212 Å². The Balaban J connectivity index is 1.44. The monoisotopic (exact) mass is 511 g/mol. The summed E-state index contributed by atoms with van der Waals surface area (Å²) in [5.41, 5.74) is 0.972. The normalized spacial score (nSPS) is 29.9. The number of rotatable bonds is 5. The number of aromatic nitrogens is 1. The minimum absolute atomic E-state index is 0.0200. The molecule has 5 rings (SSSR count). The molecule has 5 unspecified atom stereocenters. The fourth-order valence-corrected chi connectivity index (χ4v) is 7.84. The number of aromatic hydroxyl groups is 1. The number of anilines is 1. The number of nitro groups is 1. The third kappa shape index (κ3) is 3.78. The van der Waals surface area contributed by atoms with E-state index in [0.29, 0.717) is 48.4 Å². The Hall–Kier alpha value is -3.27. The average molecular weight is 512 g/mol. The van der Waals surface area contributed by atoms with Crippen molar-refractivity contribution in [2.45, 2.75) is 58.3 Å². The summed E-state index contributed by atoms with van der Waals surface area (Å²) in [5.74, 6) is -0.829. The molecular weight excluding hydrogens is 482 g/mol. The van der Waals surface area contributed by atoms with Crippen LogP contribution in [0.25, 0.3) is 0 Å². The van der Waals surface area contributed by atoms with E-state index in [9.17, 15) is 29.9 Å². The number of allylic oxidation sites excluding steroid dienone is 1. The molecule has 1 heterocycles. The lowest BCUT2D eigenvalue weighted by molar-refractivity contribution is -0.386. The highest BCUT2D eigenvalue weighted by Crippen LogP contribution is 2.64. The number of nitrogens with one attached hydrogen (secondary N) is 1. The minimum atomic E-state index is -0.649. The van der Waals surface area contributed by atoms with Crippen LogP contribution in [0.3, 0.4) is 0 Å². The number of fused-ring (bicyclic) bond motifs is 5. The van der Waals surface area contributed by atoms with Gasteiger partial charge in [0.25, 0.3) is 0 Å². The van der Waals surface area contributed by atoms with E-state index >= 15 is 0 Å². The molecule has 36 heavy (non-hydrogen) atoms. The van der Waals surface area contributed by atoms with E-state index in [2.05, 4.69) is 10.3 Å². The SMILES string of the molecule is Cc1cnc(NC(=O)CCC2/C(=C\O)C(=O)C3(C)CCC4c5ccc(O)c([N+](=O)[O-])c5CCC4C23)s1. The quantitative estimate of drug-likeness (QED) is 0.217. The van der Waals surface area contributed by atoms with Crippen molar-refractivity contribution in [3.8, 4) is 5.75 Å². The van der Waals surface area contributed by atoms with Gasteiger partial charge in [-0.1, -0.05) is 13.0 Å². The fourth-order valence-electron chi connectivity index (χ4n) is 7.16. The van der Waals surface area contributed by atoms with Gasteiger partial charge in [0.05, 0.1) is 11.2 Å². The number of amides is 1. The highest BCUT2D eigenvalue weighted by molar-refractivity contribution is 7.15. The van der Waals surface area contributed by atoms with Crippen LogP contribution in [-0.4, -0.2) is 31.8 Å². The van der Waals surface area contributed by atoms with Gasteiger partial charge in [-0.2, -0.15) is 0 Å². The summed E-state index contributed by atoms with van der Waals surface area (Å²) >= 11 is 1.40. The average Bonchev–Trinajstić information content (AvgIpc) is 3.34. The number of aliphatic hydroxyl groups is 1. The Bertz CT molecular complexity index is 1290. The molecule has 0 saturated heterocycles. The molecule has 2 saturated carbocycles. The Morgan fingerprint density at radius 1 is 1.39 bits per heavy atom.